The van der Waals surface area contributed by atoms with Crippen molar-refractivity contribution in [2.75, 3.05) is 15.9 Å². The average Bonchev–Trinajstić information content (AvgIpc) is 2.79. The van der Waals surface area contributed by atoms with E-state index in [1.54, 1.807) is 24.3 Å². The Labute approximate surface area is 197 Å². The predicted octanol–water partition coefficient (Wildman–Crippen LogP) is 5.65. The van der Waals surface area contributed by atoms with Crippen LogP contribution in [0, 0.1) is 13.8 Å². The van der Waals surface area contributed by atoms with Crippen LogP contribution in [0.2, 0.25) is 0 Å². The van der Waals surface area contributed by atoms with Gasteiger partial charge in [-0.15, -0.1) is 0 Å². The molecule has 174 valence electrons. The van der Waals surface area contributed by atoms with Gasteiger partial charge < -0.3 is 5.32 Å². The second kappa shape index (κ2) is 10.2. The van der Waals surface area contributed by atoms with E-state index in [4.69, 9.17) is 0 Å². The lowest BCUT2D eigenvalue weighted by Gasteiger charge is -2.23. The highest BCUT2D eigenvalue weighted by atomic mass is 32.2. The van der Waals surface area contributed by atoms with Gasteiger partial charge in [0.25, 0.3) is 5.91 Å². The van der Waals surface area contributed by atoms with Gasteiger partial charge in [0.1, 0.15) is 0 Å². The van der Waals surface area contributed by atoms with Crippen LogP contribution in [0.1, 0.15) is 52.0 Å². The minimum atomic E-state index is -3.47. The minimum Gasteiger partial charge on any atom is -0.321 e. The van der Waals surface area contributed by atoms with Gasteiger partial charge in [-0.3, -0.25) is 9.10 Å². The molecule has 0 spiro atoms. The Kier molecular flexibility index (Phi) is 7.59. The summed E-state index contributed by atoms with van der Waals surface area (Å²) in [7, 11) is -3.47. The van der Waals surface area contributed by atoms with E-state index in [1.807, 2.05) is 50.2 Å². The lowest BCUT2D eigenvalue weighted by molar-refractivity contribution is 0.102. The number of benzene rings is 3. The molecule has 0 atom stereocenters. The number of hydrogen-bond acceptors (Lipinski definition) is 3. The average molecular weight is 465 g/mol. The summed E-state index contributed by atoms with van der Waals surface area (Å²) < 4.78 is 26.4. The fourth-order valence-electron chi connectivity index (χ4n) is 3.80. The number of aryl methyl sites for hydroxylation is 4. The molecule has 0 radical (unpaired) electrons. The summed E-state index contributed by atoms with van der Waals surface area (Å²) >= 11 is 0. The second-order valence-corrected chi connectivity index (χ2v) is 10.3. The van der Waals surface area contributed by atoms with Crippen molar-refractivity contribution in [2.45, 2.75) is 47.1 Å². The number of carbonyl (C=O) groups is 1. The number of amides is 1. The molecule has 3 aromatic carbocycles. The van der Waals surface area contributed by atoms with E-state index >= 15 is 0 Å². The van der Waals surface area contributed by atoms with Crippen LogP contribution in [0.25, 0.3) is 0 Å². The van der Waals surface area contributed by atoms with Gasteiger partial charge in [0.2, 0.25) is 10.0 Å². The number of rotatable bonds is 8. The normalized spacial score (nSPS) is 11.3. The van der Waals surface area contributed by atoms with Crippen LogP contribution in [0.4, 0.5) is 11.4 Å². The molecule has 0 aliphatic heterocycles. The summed E-state index contributed by atoms with van der Waals surface area (Å²) in [6.07, 6.45) is 2.88. The first-order chi connectivity index (χ1) is 15.6. The minimum absolute atomic E-state index is 0.175. The Morgan fingerprint density at radius 1 is 0.879 bits per heavy atom. The van der Waals surface area contributed by atoms with Gasteiger partial charge in [0.05, 0.1) is 18.5 Å². The highest BCUT2D eigenvalue weighted by Crippen LogP contribution is 2.25. The van der Waals surface area contributed by atoms with Gasteiger partial charge in [0, 0.05) is 11.3 Å². The summed E-state index contributed by atoms with van der Waals surface area (Å²) in [4.78, 5) is 12.9. The molecular formula is C27H32N2O3S. The van der Waals surface area contributed by atoms with Crippen molar-refractivity contribution >= 4 is 27.3 Å². The Morgan fingerprint density at radius 2 is 1.48 bits per heavy atom. The number of sulfonamides is 1. The molecule has 0 heterocycles. The van der Waals surface area contributed by atoms with E-state index < -0.39 is 10.0 Å². The standard InChI is InChI=1S/C27H32N2O3S/c1-6-22-9-8-10-23(7-2)26(22)28-27(30)24-14-12-21(13-15-24)18-29(33(5,31)32)25-16-11-19(3)20(4)17-25/h8-17H,6-7,18H2,1-5H3,(H,28,30). The van der Waals surface area contributed by atoms with E-state index in [2.05, 4.69) is 19.2 Å². The smallest absolute Gasteiger partial charge is 0.255 e. The Bertz CT molecular complexity index is 1230. The molecule has 6 heteroatoms. The van der Waals surface area contributed by atoms with Crippen LogP contribution in [-0.2, 0) is 29.4 Å². The number of nitrogens with one attached hydrogen (secondary N) is 1. The summed E-state index contributed by atoms with van der Waals surface area (Å²) in [5, 5.41) is 3.07. The zero-order valence-corrected chi connectivity index (χ0v) is 20.8. The number of carbonyl (C=O) groups excluding carboxylic acids is 1. The molecule has 5 nitrogen and oxygen atoms in total. The van der Waals surface area contributed by atoms with E-state index in [9.17, 15) is 13.2 Å². The largest absolute Gasteiger partial charge is 0.321 e. The van der Waals surface area contributed by atoms with Gasteiger partial charge in [0.15, 0.2) is 0 Å². The Balaban J connectivity index is 1.82. The van der Waals surface area contributed by atoms with Crippen LogP contribution >= 0.6 is 0 Å². The molecule has 3 rings (SSSR count). The molecule has 33 heavy (non-hydrogen) atoms. The van der Waals surface area contributed by atoms with E-state index in [0.29, 0.717) is 11.3 Å². The van der Waals surface area contributed by atoms with E-state index in [1.165, 1.54) is 10.6 Å². The lowest BCUT2D eigenvalue weighted by atomic mass is 10.0. The maximum Gasteiger partial charge on any atom is 0.255 e. The highest BCUT2D eigenvalue weighted by Gasteiger charge is 2.19. The summed E-state index contributed by atoms with van der Waals surface area (Å²) in [6.45, 7) is 8.30. The SMILES string of the molecule is CCc1cccc(CC)c1NC(=O)c1ccc(CN(c2ccc(C)c(C)c2)S(C)(=O)=O)cc1. The maximum atomic E-state index is 12.9. The summed E-state index contributed by atoms with van der Waals surface area (Å²) in [6, 6.07) is 18.8. The number of para-hydroxylation sites is 1. The molecule has 1 amide bonds. The lowest BCUT2D eigenvalue weighted by Crippen LogP contribution is -2.29. The molecule has 0 aliphatic rings. The predicted molar refractivity (Wildman–Crippen MR) is 137 cm³/mol. The zero-order chi connectivity index (χ0) is 24.2. The van der Waals surface area contributed by atoms with Crippen LogP contribution in [0.15, 0.2) is 60.7 Å². The molecule has 3 aromatic rings. The molecule has 1 N–H and O–H groups in total. The summed E-state index contributed by atoms with van der Waals surface area (Å²) in [5.41, 5.74) is 7.21. The topological polar surface area (TPSA) is 66.5 Å². The first kappa shape index (κ1) is 24.5. The first-order valence-corrected chi connectivity index (χ1v) is 13.0. The quantitative estimate of drug-likeness (QED) is 0.469. The van der Waals surface area contributed by atoms with Gasteiger partial charge in [-0.05, 0) is 78.8 Å². The van der Waals surface area contributed by atoms with Crippen LogP contribution < -0.4 is 9.62 Å². The van der Waals surface area contributed by atoms with Gasteiger partial charge in [-0.2, -0.15) is 0 Å². The fraction of sp³-hybridized carbons (Fsp3) is 0.296. The van der Waals surface area contributed by atoms with Crippen molar-refractivity contribution in [2.24, 2.45) is 0 Å². The second-order valence-electron chi connectivity index (χ2n) is 8.35. The fourth-order valence-corrected chi connectivity index (χ4v) is 4.68. The van der Waals surface area contributed by atoms with Gasteiger partial charge in [-0.1, -0.05) is 50.2 Å². The first-order valence-electron chi connectivity index (χ1n) is 11.2. The van der Waals surface area contributed by atoms with Crippen molar-refractivity contribution in [3.63, 3.8) is 0 Å². The van der Waals surface area contributed by atoms with Crippen molar-refractivity contribution in [3.05, 3.63) is 94.0 Å². The number of nitrogens with zero attached hydrogens (tertiary/aromatic N) is 1. The van der Waals surface area contributed by atoms with Crippen molar-refractivity contribution in [1.29, 1.82) is 0 Å². The molecule has 0 fully saturated rings. The van der Waals surface area contributed by atoms with Crippen molar-refractivity contribution in [3.8, 4) is 0 Å². The third-order valence-electron chi connectivity index (χ3n) is 5.96. The molecule has 0 unspecified atom stereocenters. The van der Waals surface area contributed by atoms with Crippen LogP contribution in [-0.4, -0.2) is 20.6 Å². The van der Waals surface area contributed by atoms with E-state index in [-0.39, 0.29) is 12.5 Å². The van der Waals surface area contributed by atoms with Crippen molar-refractivity contribution < 1.29 is 13.2 Å². The molecular weight excluding hydrogens is 432 g/mol. The monoisotopic (exact) mass is 464 g/mol. The Hall–Kier alpha value is -3.12. The molecule has 0 bridgehead atoms. The Morgan fingerprint density at radius 3 is 2.00 bits per heavy atom. The maximum absolute atomic E-state index is 12.9. The third kappa shape index (κ3) is 5.82. The van der Waals surface area contributed by atoms with Crippen LogP contribution in [0.5, 0.6) is 0 Å². The van der Waals surface area contributed by atoms with Gasteiger partial charge >= 0.3 is 0 Å². The van der Waals surface area contributed by atoms with Crippen LogP contribution in [0.3, 0.4) is 0 Å². The number of hydrogen-bond donors (Lipinski definition) is 1. The molecule has 0 saturated heterocycles. The molecule has 0 aliphatic carbocycles. The molecule has 0 saturated carbocycles. The highest BCUT2D eigenvalue weighted by molar-refractivity contribution is 7.92. The zero-order valence-electron chi connectivity index (χ0n) is 20.0. The van der Waals surface area contributed by atoms with Crippen molar-refractivity contribution in [1.82, 2.24) is 0 Å². The third-order valence-corrected chi connectivity index (χ3v) is 7.10. The van der Waals surface area contributed by atoms with Gasteiger partial charge in [-0.25, -0.2) is 8.42 Å². The summed E-state index contributed by atoms with van der Waals surface area (Å²) in [5.74, 6) is -0.175. The molecule has 0 aromatic heterocycles. The van der Waals surface area contributed by atoms with E-state index in [0.717, 1.165) is 46.3 Å². The number of anilines is 2.